The average Bonchev–Trinajstić information content (AvgIpc) is 2.83. The van der Waals surface area contributed by atoms with Crippen LogP contribution in [0.1, 0.15) is 5.69 Å². The Kier molecular flexibility index (Phi) is 4.73. The first-order valence-electron chi connectivity index (χ1n) is 6.07. The minimum atomic E-state index is -4.03. The number of aliphatic carboxylic acids is 1. The molecule has 124 valence electrons. The number of nitrogens with zero attached hydrogens (tertiary/aromatic N) is 1. The second-order valence-corrected chi connectivity index (χ2v) is 9.12. The van der Waals surface area contributed by atoms with Crippen molar-refractivity contribution in [2.45, 2.75) is 16.2 Å². The van der Waals surface area contributed by atoms with Gasteiger partial charge >= 0.3 is 5.97 Å². The fraction of sp³-hybridized carbons (Fsp3) is 0.167. The summed E-state index contributed by atoms with van der Waals surface area (Å²) in [6.07, 6.45) is 0.660. The molecule has 0 unspecified atom stereocenters. The standard InChI is InChI=1S/C12H12N2O6S3/c1-22(17,18)9-3-2-4-10(6-9)23(19,20)14-12-13-8(7-21-12)5-11(15)16/h2-4,6-7H,5H2,1H3,(H,13,14)(H,15,16). The Labute approximate surface area is 136 Å². The molecule has 11 heteroatoms. The predicted octanol–water partition coefficient (Wildman–Crippen LogP) is 0.974. The van der Waals surface area contributed by atoms with Gasteiger partial charge in [0.1, 0.15) is 0 Å². The van der Waals surface area contributed by atoms with Crippen LogP contribution in [-0.4, -0.2) is 39.2 Å². The summed E-state index contributed by atoms with van der Waals surface area (Å²) in [6, 6.07) is 4.91. The Morgan fingerprint density at radius 1 is 1.26 bits per heavy atom. The maximum absolute atomic E-state index is 12.3. The van der Waals surface area contributed by atoms with E-state index >= 15 is 0 Å². The van der Waals surface area contributed by atoms with Gasteiger partial charge in [-0.3, -0.25) is 9.52 Å². The van der Waals surface area contributed by atoms with Gasteiger partial charge in [-0.25, -0.2) is 21.8 Å². The number of hydrogen-bond acceptors (Lipinski definition) is 7. The third-order valence-electron chi connectivity index (χ3n) is 2.65. The Morgan fingerprint density at radius 3 is 2.52 bits per heavy atom. The van der Waals surface area contributed by atoms with E-state index in [0.29, 0.717) is 0 Å². The third-order valence-corrected chi connectivity index (χ3v) is 6.03. The Balaban J connectivity index is 2.29. The number of carbonyl (C=O) groups is 1. The number of anilines is 1. The number of rotatable bonds is 6. The first-order valence-corrected chi connectivity index (χ1v) is 10.3. The van der Waals surface area contributed by atoms with Crippen molar-refractivity contribution in [2.75, 3.05) is 11.0 Å². The van der Waals surface area contributed by atoms with E-state index in [2.05, 4.69) is 9.71 Å². The van der Waals surface area contributed by atoms with Crippen LogP contribution >= 0.6 is 11.3 Å². The highest BCUT2D eigenvalue weighted by molar-refractivity contribution is 7.93. The van der Waals surface area contributed by atoms with Gasteiger partial charge < -0.3 is 5.11 Å². The van der Waals surface area contributed by atoms with E-state index in [4.69, 9.17) is 5.11 Å². The monoisotopic (exact) mass is 376 g/mol. The molecule has 0 aliphatic rings. The minimum Gasteiger partial charge on any atom is -0.481 e. The van der Waals surface area contributed by atoms with Crippen LogP contribution in [0, 0.1) is 0 Å². The molecule has 0 aliphatic heterocycles. The van der Waals surface area contributed by atoms with Crippen molar-refractivity contribution in [3.63, 3.8) is 0 Å². The molecule has 0 saturated heterocycles. The number of sulfonamides is 1. The van der Waals surface area contributed by atoms with Gasteiger partial charge in [-0.1, -0.05) is 6.07 Å². The largest absolute Gasteiger partial charge is 0.481 e. The first kappa shape index (κ1) is 17.4. The number of hydrogen-bond donors (Lipinski definition) is 2. The van der Waals surface area contributed by atoms with Crippen LogP contribution in [0.25, 0.3) is 0 Å². The summed E-state index contributed by atoms with van der Waals surface area (Å²) < 4.78 is 49.7. The number of aromatic nitrogens is 1. The van der Waals surface area contributed by atoms with Crippen molar-refractivity contribution in [2.24, 2.45) is 0 Å². The smallest absolute Gasteiger partial charge is 0.309 e. The van der Waals surface area contributed by atoms with E-state index in [1.807, 2.05) is 0 Å². The van der Waals surface area contributed by atoms with Gasteiger partial charge in [0.2, 0.25) is 0 Å². The lowest BCUT2D eigenvalue weighted by Crippen LogP contribution is -2.13. The van der Waals surface area contributed by atoms with Gasteiger partial charge in [-0.2, -0.15) is 0 Å². The topological polar surface area (TPSA) is 130 Å². The minimum absolute atomic E-state index is 0.00556. The maximum atomic E-state index is 12.3. The summed E-state index contributed by atoms with van der Waals surface area (Å²) >= 11 is 0.940. The molecule has 1 heterocycles. The van der Waals surface area contributed by atoms with E-state index in [9.17, 15) is 21.6 Å². The van der Waals surface area contributed by atoms with Crippen LogP contribution in [-0.2, 0) is 31.1 Å². The summed E-state index contributed by atoms with van der Waals surface area (Å²) in [5.41, 5.74) is 0.227. The van der Waals surface area contributed by atoms with Crippen molar-refractivity contribution >= 4 is 42.3 Å². The van der Waals surface area contributed by atoms with Crippen molar-refractivity contribution in [1.82, 2.24) is 4.98 Å². The lowest BCUT2D eigenvalue weighted by molar-refractivity contribution is -0.136. The van der Waals surface area contributed by atoms with Gasteiger partial charge in [-0.15, -0.1) is 11.3 Å². The maximum Gasteiger partial charge on any atom is 0.309 e. The molecule has 8 nitrogen and oxygen atoms in total. The van der Waals surface area contributed by atoms with Crippen LogP contribution < -0.4 is 4.72 Å². The van der Waals surface area contributed by atoms with Crippen LogP contribution in [0.3, 0.4) is 0 Å². The Bertz CT molecular complexity index is 947. The highest BCUT2D eigenvalue weighted by Crippen LogP contribution is 2.22. The van der Waals surface area contributed by atoms with Gasteiger partial charge in [-0.05, 0) is 18.2 Å². The molecule has 0 saturated carbocycles. The van der Waals surface area contributed by atoms with Crippen LogP contribution in [0.15, 0.2) is 39.4 Å². The van der Waals surface area contributed by atoms with E-state index in [-0.39, 0.29) is 27.0 Å². The summed E-state index contributed by atoms with van der Waals surface area (Å²) in [5.74, 6) is -1.08. The second-order valence-electron chi connectivity index (χ2n) is 4.57. The zero-order chi connectivity index (χ0) is 17.3. The summed E-state index contributed by atoms with van der Waals surface area (Å²) in [4.78, 5) is 14.1. The van der Waals surface area contributed by atoms with Gasteiger partial charge in [0, 0.05) is 11.6 Å². The molecule has 2 N–H and O–H groups in total. The van der Waals surface area contributed by atoms with Gasteiger partial charge in [0.15, 0.2) is 15.0 Å². The van der Waals surface area contributed by atoms with E-state index in [1.54, 1.807) is 0 Å². The summed E-state index contributed by atoms with van der Waals surface area (Å²) in [6.45, 7) is 0. The number of carboxylic acids is 1. The normalized spacial score (nSPS) is 12.0. The fourth-order valence-electron chi connectivity index (χ4n) is 1.64. The molecule has 0 aliphatic carbocycles. The Hall–Kier alpha value is -1.98. The SMILES string of the molecule is CS(=O)(=O)c1cccc(S(=O)(=O)Nc2nc(CC(=O)O)cs2)c1. The Morgan fingerprint density at radius 2 is 1.91 bits per heavy atom. The number of sulfone groups is 1. The van der Waals surface area contributed by atoms with Crippen LogP contribution in [0.4, 0.5) is 5.13 Å². The predicted molar refractivity (Wildman–Crippen MR) is 83.8 cm³/mol. The molecule has 1 aromatic heterocycles. The lowest BCUT2D eigenvalue weighted by atomic mass is 10.3. The van der Waals surface area contributed by atoms with Gasteiger partial charge in [0.05, 0.1) is 21.9 Å². The van der Waals surface area contributed by atoms with Crippen LogP contribution in [0.2, 0.25) is 0 Å². The quantitative estimate of drug-likeness (QED) is 0.768. The summed E-state index contributed by atoms with van der Waals surface area (Å²) in [5, 5.41) is 10.1. The zero-order valence-electron chi connectivity index (χ0n) is 11.8. The molecule has 2 rings (SSSR count). The second kappa shape index (κ2) is 6.26. The number of nitrogens with one attached hydrogen (secondary N) is 1. The van der Waals surface area contributed by atoms with Gasteiger partial charge in [0.25, 0.3) is 10.0 Å². The van der Waals surface area contributed by atoms with Crippen molar-refractivity contribution < 1.29 is 26.7 Å². The number of carboxylic acid groups (broad SMARTS) is 1. The average molecular weight is 376 g/mol. The molecular weight excluding hydrogens is 364 g/mol. The first-order chi connectivity index (χ1) is 10.6. The zero-order valence-corrected chi connectivity index (χ0v) is 14.2. The molecule has 2 aromatic rings. The van der Waals surface area contributed by atoms with Crippen molar-refractivity contribution in [1.29, 1.82) is 0 Å². The molecule has 0 bridgehead atoms. The molecule has 0 spiro atoms. The van der Waals surface area contributed by atoms with Crippen molar-refractivity contribution in [3.05, 3.63) is 35.3 Å². The lowest BCUT2D eigenvalue weighted by Gasteiger charge is -2.06. The molecule has 0 atom stereocenters. The highest BCUT2D eigenvalue weighted by Gasteiger charge is 2.19. The van der Waals surface area contributed by atoms with E-state index in [1.165, 1.54) is 23.6 Å². The molecule has 0 amide bonds. The summed E-state index contributed by atoms with van der Waals surface area (Å²) in [7, 11) is -7.56. The molecular formula is C12H12N2O6S3. The van der Waals surface area contributed by atoms with E-state index < -0.39 is 25.8 Å². The van der Waals surface area contributed by atoms with E-state index in [0.717, 1.165) is 23.7 Å². The molecule has 23 heavy (non-hydrogen) atoms. The third kappa shape index (κ3) is 4.50. The number of benzene rings is 1. The number of thiazole rings is 1. The van der Waals surface area contributed by atoms with Crippen LogP contribution in [0.5, 0.6) is 0 Å². The highest BCUT2D eigenvalue weighted by atomic mass is 32.2. The molecule has 0 fully saturated rings. The molecule has 0 radical (unpaired) electrons. The molecule has 1 aromatic carbocycles. The van der Waals surface area contributed by atoms with Crippen molar-refractivity contribution in [3.8, 4) is 0 Å². The fourth-order valence-corrected chi connectivity index (χ4v) is 4.39.